The van der Waals surface area contributed by atoms with Crippen LogP contribution in [0.2, 0.25) is 0 Å². The Morgan fingerprint density at radius 1 is 0.964 bits per heavy atom. The van der Waals surface area contributed by atoms with Crippen molar-refractivity contribution in [3.63, 3.8) is 0 Å². The third-order valence-corrected chi connectivity index (χ3v) is 4.64. The molecule has 0 aliphatic heterocycles. The van der Waals surface area contributed by atoms with Crippen molar-refractivity contribution in [3.8, 4) is 5.75 Å². The van der Waals surface area contributed by atoms with Crippen LogP contribution in [0.4, 0.5) is 5.69 Å². The van der Waals surface area contributed by atoms with Gasteiger partial charge in [0.15, 0.2) is 5.58 Å². The lowest BCUT2D eigenvalue weighted by atomic mass is 10.1. The molecule has 0 aliphatic rings. The van der Waals surface area contributed by atoms with Crippen molar-refractivity contribution in [3.05, 3.63) is 90.1 Å². The maximum absolute atomic E-state index is 13.2. The predicted molar refractivity (Wildman–Crippen MR) is 108 cm³/mol. The zero-order chi connectivity index (χ0) is 19.3. The van der Waals surface area contributed by atoms with Crippen molar-refractivity contribution >= 4 is 22.6 Å². The van der Waals surface area contributed by atoms with Gasteiger partial charge in [-0.3, -0.25) is 4.79 Å². The fraction of sp³-hybridized carbons (Fsp3) is 0.130. The number of fused-ring (bicyclic) bond motifs is 1. The van der Waals surface area contributed by atoms with Gasteiger partial charge in [0, 0.05) is 11.1 Å². The standard InChI is InChI=1S/C23H20N2O3/c1-27-19-13-11-18(12-14-19)25(16-17-7-3-2-4-8-17)23(26)15-21-20-9-5-6-10-22(20)28-24-21/h2-14H,15-16H2,1H3. The molecule has 4 aromatic rings. The van der Waals surface area contributed by atoms with Crippen LogP contribution >= 0.6 is 0 Å². The lowest BCUT2D eigenvalue weighted by Gasteiger charge is -2.23. The SMILES string of the molecule is COc1ccc(N(Cc2ccccc2)C(=O)Cc2noc3ccccc23)cc1. The first kappa shape index (κ1) is 17.8. The summed E-state index contributed by atoms with van der Waals surface area (Å²) >= 11 is 0. The van der Waals surface area contributed by atoms with Crippen LogP contribution in [-0.4, -0.2) is 18.2 Å². The van der Waals surface area contributed by atoms with Gasteiger partial charge in [0.05, 0.1) is 20.1 Å². The van der Waals surface area contributed by atoms with Gasteiger partial charge in [-0.25, -0.2) is 0 Å². The fourth-order valence-corrected chi connectivity index (χ4v) is 3.16. The molecule has 0 aliphatic carbocycles. The summed E-state index contributed by atoms with van der Waals surface area (Å²) in [6, 6.07) is 25.0. The monoisotopic (exact) mass is 372 g/mol. The van der Waals surface area contributed by atoms with Gasteiger partial charge in [0.2, 0.25) is 5.91 Å². The smallest absolute Gasteiger partial charge is 0.233 e. The van der Waals surface area contributed by atoms with Crippen LogP contribution in [0.3, 0.4) is 0 Å². The topological polar surface area (TPSA) is 55.6 Å². The van der Waals surface area contributed by atoms with Crippen molar-refractivity contribution < 1.29 is 14.1 Å². The van der Waals surface area contributed by atoms with Gasteiger partial charge in [0.1, 0.15) is 11.4 Å². The van der Waals surface area contributed by atoms with E-state index in [9.17, 15) is 4.79 Å². The van der Waals surface area contributed by atoms with Crippen molar-refractivity contribution in [2.45, 2.75) is 13.0 Å². The van der Waals surface area contributed by atoms with E-state index in [4.69, 9.17) is 9.26 Å². The Morgan fingerprint density at radius 3 is 2.43 bits per heavy atom. The summed E-state index contributed by atoms with van der Waals surface area (Å²) in [5.41, 5.74) is 3.19. The first-order valence-corrected chi connectivity index (χ1v) is 9.06. The van der Waals surface area contributed by atoms with Gasteiger partial charge >= 0.3 is 0 Å². The zero-order valence-electron chi connectivity index (χ0n) is 15.5. The molecule has 0 saturated carbocycles. The van der Waals surface area contributed by atoms with Gasteiger partial charge in [-0.2, -0.15) is 0 Å². The molecule has 0 unspecified atom stereocenters. The van der Waals surface area contributed by atoms with E-state index >= 15 is 0 Å². The number of para-hydroxylation sites is 1. The van der Waals surface area contributed by atoms with Crippen LogP contribution < -0.4 is 9.64 Å². The summed E-state index contributed by atoms with van der Waals surface area (Å²) in [6.07, 6.45) is 0.163. The summed E-state index contributed by atoms with van der Waals surface area (Å²) in [7, 11) is 1.62. The summed E-state index contributed by atoms with van der Waals surface area (Å²) in [5.74, 6) is 0.700. The van der Waals surface area contributed by atoms with Crippen LogP contribution in [0, 0.1) is 0 Å². The molecule has 0 N–H and O–H groups in total. The quantitative estimate of drug-likeness (QED) is 0.496. The number of ether oxygens (including phenoxy) is 1. The molecule has 0 spiro atoms. The van der Waals surface area contributed by atoms with Gasteiger partial charge in [-0.15, -0.1) is 0 Å². The molecule has 1 heterocycles. The van der Waals surface area contributed by atoms with Crippen molar-refractivity contribution in [1.29, 1.82) is 0 Å². The summed E-state index contributed by atoms with van der Waals surface area (Å²) in [4.78, 5) is 15.0. The zero-order valence-corrected chi connectivity index (χ0v) is 15.5. The van der Waals surface area contributed by atoms with Crippen molar-refractivity contribution in [1.82, 2.24) is 5.16 Å². The second kappa shape index (κ2) is 7.96. The second-order valence-electron chi connectivity index (χ2n) is 6.47. The van der Waals surface area contributed by atoms with E-state index in [0.717, 1.165) is 22.4 Å². The number of carbonyl (C=O) groups is 1. The molecular weight excluding hydrogens is 352 g/mol. The predicted octanol–water partition coefficient (Wildman–Crippen LogP) is 4.61. The minimum Gasteiger partial charge on any atom is -0.497 e. The third kappa shape index (κ3) is 3.74. The lowest BCUT2D eigenvalue weighted by molar-refractivity contribution is -0.118. The lowest BCUT2D eigenvalue weighted by Crippen LogP contribution is -2.31. The largest absolute Gasteiger partial charge is 0.497 e. The molecule has 0 atom stereocenters. The van der Waals surface area contributed by atoms with E-state index < -0.39 is 0 Å². The van der Waals surface area contributed by atoms with Crippen LogP contribution in [0.5, 0.6) is 5.75 Å². The molecule has 4 rings (SSSR count). The van der Waals surface area contributed by atoms with E-state index in [2.05, 4.69) is 5.16 Å². The Balaban J connectivity index is 1.64. The number of anilines is 1. The van der Waals surface area contributed by atoms with Crippen molar-refractivity contribution in [2.75, 3.05) is 12.0 Å². The molecule has 0 saturated heterocycles. The molecule has 5 nitrogen and oxygen atoms in total. The van der Waals surface area contributed by atoms with E-state index in [1.807, 2.05) is 78.9 Å². The highest BCUT2D eigenvalue weighted by Crippen LogP contribution is 2.24. The molecule has 0 radical (unpaired) electrons. The van der Waals surface area contributed by atoms with Crippen LogP contribution in [-0.2, 0) is 17.8 Å². The van der Waals surface area contributed by atoms with E-state index in [-0.39, 0.29) is 12.3 Å². The van der Waals surface area contributed by atoms with Gasteiger partial charge < -0.3 is 14.2 Å². The number of aromatic nitrogens is 1. The number of methoxy groups -OCH3 is 1. The Kier molecular flexibility index (Phi) is 5.06. The van der Waals surface area contributed by atoms with Gasteiger partial charge in [-0.05, 0) is 42.0 Å². The summed E-state index contributed by atoms with van der Waals surface area (Å²) in [6.45, 7) is 0.474. The summed E-state index contributed by atoms with van der Waals surface area (Å²) < 4.78 is 10.6. The molecule has 1 aromatic heterocycles. The Hall–Kier alpha value is -3.60. The second-order valence-corrected chi connectivity index (χ2v) is 6.47. The maximum atomic E-state index is 13.2. The van der Waals surface area contributed by atoms with Gasteiger partial charge in [0.25, 0.3) is 0 Å². The molecule has 3 aromatic carbocycles. The molecular formula is C23H20N2O3. The number of hydrogen-bond acceptors (Lipinski definition) is 4. The third-order valence-electron chi connectivity index (χ3n) is 4.64. The molecule has 5 heteroatoms. The van der Waals surface area contributed by atoms with Crippen LogP contribution in [0.15, 0.2) is 83.4 Å². The Labute approximate surface area is 163 Å². The van der Waals surface area contributed by atoms with Gasteiger partial charge in [-0.1, -0.05) is 47.6 Å². The highest BCUT2D eigenvalue weighted by atomic mass is 16.5. The van der Waals surface area contributed by atoms with Crippen LogP contribution in [0.25, 0.3) is 11.0 Å². The molecule has 0 bridgehead atoms. The number of amides is 1. The highest BCUT2D eigenvalue weighted by Gasteiger charge is 2.20. The molecule has 28 heavy (non-hydrogen) atoms. The number of carbonyl (C=O) groups excluding carboxylic acids is 1. The Morgan fingerprint density at radius 2 is 1.68 bits per heavy atom. The summed E-state index contributed by atoms with van der Waals surface area (Å²) in [5, 5.41) is 4.97. The van der Waals surface area contributed by atoms with E-state index in [1.165, 1.54) is 0 Å². The maximum Gasteiger partial charge on any atom is 0.233 e. The minimum absolute atomic E-state index is 0.0481. The molecule has 140 valence electrons. The average molecular weight is 372 g/mol. The van der Waals surface area contributed by atoms with Crippen LogP contribution in [0.1, 0.15) is 11.3 Å². The fourth-order valence-electron chi connectivity index (χ4n) is 3.16. The van der Waals surface area contributed by atoms with Crippen molar-refractivity contribution in [2.24, 2.45) is 0 Å². The van der Waals surface area contributed by atoms with E-state index in [1.54, 1.807) is 12.0 Å². The number of rotatable bonds is 6. The number of hydrogen-bond donors (Lipinski definition) is 0. The Bertz CT molecular complexity index is 1070. The average Bonchev–Trinajstić information content (AvgIpc) is 3.16. The molecule has 0 fully saturated rings. The minimum atomic E-state index is -0.0481. The van der Waals surface area contributed by atoms with E-state index in [0.29, 0.717) is 17.8 Å². The first-order valence-electron chi connectivity index (χ1n) is 9.06. The molecule has 1 amide bonds. The number of benzene rings is 3. The number of nitrogens with zero attached hydrogens (tertiary/aromatic N) is 2. The highest BCUT2D eigenvalue weighted by molar-refractivity contribution is 5.96. The first-order chi connectivity index (χ1) is 13.7. The normalized spacial score (nSPS) is 10.8.